The van der Waals surface area contributed by atoms with Crippen LogP contribution in [0.5, 0.6) is 0 Å². The first kappa shape index (κ1) is 13.6. The number of morpholine rings is 1. The Balaban J connectivity index is 1.84. The van der Waals surface area contributed by atoms with Crippen LogP contribution in [0.3, 0.4) is 0 Å². The molecule has 1 aromatic heterocycles. The van der Waals surface area contributed by atoms with Crippen molar-refractivity contribution in [2.24, 2.45) is 0 Å². The monoisotopic (exact) mass is 285 g/mol. The summed E-state index contributed by atoms with van der Waals surface area (Å²) in [5.74, 6) is 1.56. The number of aromatic nitrogens is 2. The fourth-order valence-electron chi connectivity index (χ4n) is 2.36. The summed E-state index contributed by atoms with van der Waals surface area (Å²) < 4.78 is 5.42. The molecule has 6 heteroatoms. The predicted octanol–water partition coefficient (Wildman–Crippen LogP) is 2.10. The molecule has 6 nitrogen and oxygen atoms in total. The lowest BCUT2D eigenvalue weighted by Crippen LogP contribution is -2.36. The highest BCUT2D eigenvalue weighted by Crippen LogP contribution is 2.28. The van der Waals surface area contributed by atoms with Crippen molar-refractivity contribution in [3.05, 3.63) is 36.7 Å². The van der Waals surface area contributed by atoms with E-state index in [2.05, 4.69) is 43.7 Å². The van der Waals surface area contributed by atoms with Gasteiger partial charge in [0.2, 0.25) is 0 Å². The molecule has 2 aromatic rings. The van der Waals surface area contributed by atoms with Gasteiger partial charge in [0.1, 0.15) is 18.0 Å². The van der Waals surface area contributed by atoms with E-state index in [4.69, 9.17) is 4.74 Å². The summed E-state index contributed by atoms with van der Waals surface area (Å²) in [4.78, 5) is 10.7. The zero-order chi connectivity index (χ0) is 14.5. The second-order valence-corrected chi connectivity index (χ2v) is 4.78. The molecule has 3 rings (SSSR count). The topological polar surface area (TPSA) is 62.3 Å². The number of anilines is 4. The Morgan fingerprint density at radius 2 is 1.86 bits per heavy atom. The van der Waals surface area contributed by atoms with Crippen LogP contribution in [0, 0.1) is 0 Å². The van der Waals surface area contributed by atoms with Gasteiger partial charge in [-0.25, -0.2) is 9.97 Å². The minimum Gasteiger partial charge on any atom is -0.378 e. The SMILES string of the molecule is CNc1cc(Nc2ccccc2N2CCOCC2)ncn1. The Kier molecular flexibility index (Phi) is 4.16. The van der Waals surface area contributed by atoms with Crippen molar-refractivity contribution in [3.63, 3.8) is 0 Å². The van der Waals surface area contributed by atoms with Gasteiger partial charge in [0, 0.05) is 26.2 Å². The van der Waals surface area contributed by atoms with Crippen LogP contribution in [0.4, 0.5) is 23.0 Å². The number of nitrogens with zero attached hydrogens (tertiary/aromatic N) is 3. The summed E-state index contributed by atoms with van der Waals surface area (Å²) in [6.07, 6.45) is 1.55. The van der Waals surface area contributed by atoms with E-state index in [0.717, 1.165) is 43.6 Å². The third-order valence-electron chi connectivity index (χ3n) is 3.44. The number of benzene rings is 1. The van der Waals surface area contributed by atoms with Crippen molar-refractivity contribution in [2.75, 3.05) is 48.9 Å². The van der Waals surface area contributed by atoms with E-state index in [-0.39, 0.29) is 0 Å². The molecule has 1 fully saturated rings. The lowest BCUT2D eigenvalue weighted by atomic mass is 10.2. The fourth-order valence-corrected chi connectivity index (χ4v) is 2.36. The van der Waals surface area contributed by atoms with Gasteiger partial charge in [-0.15, -0.1) is 0 Å². The smallest absolute Gasteiger partial charge is 0.135 e. The molecule has 110 valence electrons. The Hall–Kier alpha value is -2.34. The van der Waals surface area contributed by atoms with Gasteiger partial charge >= 0.3 is 0 Å². The highest BCUT2D eigenvalue weighted by Gasteiger charge is 2.14. The van der Waals surface area contributed by atoms with E-state index < -0.39 is 0 Å². The van der Waals surface area contributed by atoms with E-state index in [1.165, 1.54) is 5.69 Å². The predicted molar refractivity (Wildman–Crippen MR) is 84.3 cm³/mol. The maximum absolute atomic E-state index is 5.42. The molecular weight excluding hydrogens is 266 g/mol. The van der Waals surface area contributed by atoms with Gasteiger partial charge < -0.3 is 20.3 Å². The molecule has 0 atom stereocenters. The second kappa shape index (κ2) is 6.41. The zero-order valence-electron chi connectivity index (χ0n) is 12.0. The van der Waals surface area contributed by atoms with Gasteiger partial charge in [-0.05, 0) is 12.1 Å². The Morgan fingerprint density at radius 3 is 2.67 bits per heavy atom. The van der Waals surface area contributed by atoms with Crippen molar-refractivity contribution >= 4 is 23.0 Å². The van der Waals surface area contributed by atoms with Gasteiger partial charge in [0.05, 0.1) is 24.6 Å². The van der Waals surface area contributed by atoms with Gasteiger partial charge in [-0.3, -0.25) is 0 Å². The Bertz CT molecular complexity index is 598. The first-order chi connectivity index (χ1) is 10.4. The number of para-hydroxylation sites is 2. The van der Waals surface area contributed by atoms with E-state index in [0.29, 0.717) is 0 Å². The molecule has 1 saturated heterocycles. The molecule has 0 amide bonds. The maximum atomic E-state index is 5.42. The summed E-state index contributed by atoms with van der Waals surface area (Å²) in [5, 5.41) is 6.38. The normalized spacial score (nSPS) is 14.8. The molecule has 0 saturated carbocycles. The summed E-state index contributed by atoms with van der Waals surface area (Å²) in [6, 6.07) is 10.1. The summed E-state index contributed by atoms with van der Waals surface area (Å²) in [5.41, 5.74) is 2.21. The Labute approximate surface area is 124 Å². The molecule has 0 spiro atoms. The number of ether oxygens (including phenoxy) is 1. The van der Waals surface area contributed by atoms with Gasteiger partial charge in [0.25, 0.3) is 0 Å². The van der Waals surface area contributed by atoms with Crippen molar-refractivity contribution in [1.29, 1.82) is 0 Å². The van der Waals surface area contributed by atoms with E-state index >= 15 is 0 Å². The molecule has 0 radical (unpaired) electrons. The molecule has 1 aromatic carbocycles. The Morgan fingerprint density at radius 1 is 1.10 bits per heavy atom. The number of hydrogen-bond donors (Lipinski definition) is 2. The third kappa shape index (κ3) is 3.22. The van der Waals surface area contributed by atoms with E-state index in [9.17, 15) is 0 Å². The molecule has 1 aliphatic heterocycles. The first-order valence-electron chi connectivity index (χ1n) is 7.05. The van der Waals surface area contributed by atoms with Gasteiger partial charge in [-0.1, -0.05) is 12.1 Å². The van der Waals surface area contributed by atoms with Crippen molar-refractivity contribution in [3.8, 4) is 0 Å². The molecule has 2 heterocycles. The molecule has 0 aliphatic carbocycles. The first-order valence-corrected chi connectivity index (χ1v) is 7.05. The van der Waals surface area contributed by atoms with Crippen LogP contribution >= 0.6 is 0 Å². The average Bonchev–Trinajstić information content (AvgIpc) is 2.56. The highest BCUT2D eigenvalue weighted by molar-refractivity contribution is 5.74. The van der Waals surface area contributed by atoms with E-state index in [1.807, 2.05) is 19.2 Å². The van der Waals surface area contributed by atoms with Crippen LogP contribution in [0.25, 0.3) is 0 Å². The second-order valence-electron chi connectivity index (χ2n) is 4.78. The van der Waals surface area contributed by atoms with E-state index in [1.54, 1.807) is 6.33 Å². The largest absolute Gasteiger partial charge is 0.378 e. The summed E-state index contributed by atoms with van der Waals surface area (Å²) >= 11 is 0. The lowest BCUT2D eigenvalue weighted by molar-refractivity contribution is 0.123. The highest BCUT2D eigenvalue weighted by atomic mass is 16.5. The number of nitrogens with one attached hydrogen (secondary N) is 2. The van der Waals surface area contributed by atoms with Crippen LogP contribution in [0.15, 0.2) is 36.7 Å². The quantitative estimate of drug-likeness (QED) is 0.897. The van der Waals surface area contributed by atoms with Crippen molar-refractivity contribution in [1.82, 2.24) is 9.97 Å². The van der Waals surface area contributed by atoms with Crippen molar-refractivity contribution < 1.29 is 4.74 Å². The molecule has 0 bridgehead atoms. The summed E-state index contributed by atoms with van der Waals surface area (Å²) in [7, 11) is 1.84. The van der Waals surface area contributed by atoms with Gasteiger partial charge in [0.15, 0.2) is 0 Å². The zero-order valence-corrected chi connectivity index (χ0v) is 12.0. The number of rotatable bonds is 4. The van der Waals surface area contributed by atoms with Crippen LogP contribution in [0.1, 0.15) is 0 Å². The molecule has 21 heavy (non-hydrogen) atoms. The minimum absolute atomic E-state index is 0.770. The molecule has 0 unspecified atom stereocenters. The molecule has 1 aliphatic rings. The van der Waals surface area contributed by atoms with Crippen molar-refractivity contribution in [2.45, 2.75) is 0 Å². The average molecular weight is 285 g/mol. The summed E-state index contributed by atoms with van der Waals surface area (Å²) in [6.45, 7) is 3.35. The lowest BCUT2D eigenvalue weighted by Gasteiger charge is -2.30. The number of hydrogen-bond acceptors (Lipinski definition) is 6. The van der Waals surface area contributed by atoms with Crippen LogP contribution in [-0.2, 0) is 4.74 Å². The fraction of sp³-hybridized carbons (Fsp3) is 0.333. The van der Waals surface area contributed by atoms with Gasteiger partial charge in [-0.2, -0.15) is 0 Å². The van der Waals surface area contributed by atoms with Crippen LogP contribution < -0.4 is 15.5 Å². The molecular formula is C15H19N5O. The maximum Gasteiger partial charge on any atom is 0.135 e. The standard InChI is InChI=1S/C15H19N5O/c1-16-14-10-15(18-11-17-14)19-12-4-2-3-5-13(12)20-6-8-21-9-7-20/h2-5,10-11H,6-9H2,1H3,(H2,16,17,18,19). The minimum atomic E-state index is 0.770. The molecule has 2 N–H and O–H groups in total. The van der Waals surface area contributed by atoms with Crippen LogP contribution in [-0.4, -0.2) is 43.3 Å². The van der Waals surface area contributed by atoms with Crippen LogP contribution in [0.2, 0.25) is 0 Å². The third-order valence-corrected chi connectivity index (χ3v) is 3.44.